The van der Waals surface area contributed by atoms with Gasteiger partial charge in [-0.25, -0.2) is 0 Å². The van der Waals surface area contributed by atoms with E-state index in [1.54, 1.807) is 0 Å². The summed E-state index contributed by atoms with van der Waals surface area (Å²) in [5.74, 6) is 0. The summed E-state index contributed by atoms with van der Waals surface area (Å²) < 4.78 is 0. The van der Waals surface area contributed by atoms with E-state index in [-0.39, 0.29) is 12.4 Å². The topological polar surface area (TPSA) is 28.2 Å². The van der Waals surface area contributed by atoms with Crippen molar-refractivity contribution < 1.29 is 0 Å². The molecule has 0 fully saturated rings. The lowest BCUT2D eigenvalue weighted by atomic mass is 10.0. The van der Waals surface area contributed by atoms with E-state index in [0.29, 0.717) is 6.04 Å². The van der Waals surface area contributed by atoms with Crippen molar-refractivity contribution in [3.8, 4) is 0 Å². The summed E-state index contributed by atoms with van der Waals surface area (Å²) in [6.07, 6.45) is 8.66. The lowest BCUT2D eigenvalue weighted by Gasteiger charge is -2.15. The average molecular weight is 398 g/mol. The molecule has 0 aliphatic heterocycles. The zero-order chi connectivity index (χ0) is 19.1. The van der Waals surface area contributed by atoms with Gasteiger partial charge in [0.25, 0.3) is 0 Å². The number of aryl methyl sites for hydroxylation is 1. The second-order valence-corrected chi connectivity index (χ2v) is 7.65. The number of rotatable bonds is 9. The maximum absolute atomic E-state index is 4.17. The molecule has 0 bridgehead atoms. The quantitative estimate of drug-likeness (QED) is 0.475. The van der Waals surface area contributed by atoms with Crippen LogP contribution in [-0.4, -0.2) is 25.1 Å². The monoisotopic (exact) mass is 397 g/mol. The molecule has 4 heteroatoms. The van der Waals surface area contributed by atoms with Crippen LogP contribution in [0.5, 0.6) is 0 Å². The minimum Gasteiger partial charge on any atom is -0.378 e. The first kappa shape index (κ1) is 22.2. The summed E-state index contributed by atoms with van der Waals surface area (Å²) in [7, 11) is 4.16. The third-order valence-corrected chi connectivity index (χ3v) is 5.16. The molecule has 150 valence electrons. The van der Waals surface area contributed by atoms with Gasteiger partial charge in [-0.2, -0.15) is 0 Å². The van der Waals surface area contributed by atoms with E-state index in [1.807, 2.05) is 12.4 Å². The molecule has 0 saturated carbocycles. The zero-order valence-corrected chi connectivity index (χ0v) is 18.0. The first-order chi connectivity index (χ1) is 13.1. The number of anilines is 1. The van der Waals surface area contributed by atoms with Gasteiger partial charge in [0.15, 0.2) is 0 Å². The van der Waals surface area contributed by atoms with Crippen molar-refractivity contribution in [2.45, 2.75) is 45.2 Å². The molecule has 28 heavy (non-hydrogen) atoms. The summed E-state index contributed by atoms with van der Waals surface area (Å²) in [5, 5.41) is 6.12. The number of halogens is 1. The third-order valence-electron chi connectivity index (χ3n) is 5.16. The molecule has 1 aromatic heterocycles. The third kappa shape index (κ3) is 6.50. The number of nitrogens with zero attached hydrogens (tertiary/aromatic N) is 2. The predicted molar refractivity (Wildman–Crippen MR) is 124 cm³/mol. The van der Waals surface area contributed by atoms with Crippen LogP contribution in [0.15, 0.2) is 60.9 Å². The number of pyridine rings is 1. The molecule has 3 aromatic rings. The lowest BCUT2D eigenvalue weighted by Crippen LogP contribution is -2.25. The molecule has 3 nitrogen and oxygen atoms in total. The summed E-state index contributed by atoms with van der Waals surface area (Å²) >= 11 is 0. The summed E-state index contributed by atoms with van der Waals surface area (Å²) in [6, 6.07) is 18.2. The molecule has 1 N–H and O–H groups in total. The average Bonchev–Trinajstić information content (AvgIpc) is 2.70. The highest BCUT2D eigenvalue weighted by atomic mass is 35.5. The Hall–Kier alpha value is -2.10. The summed E-state index contributed by atoms with van der Waals surface area (Å²) in [6.45, 7) is 3.21. The fourth-order valence-corrected chi connectivity index (χ4v) is 3.38. The molecular weight excluding hydrogens is 366 g/mol. The number of unbranched alkanes of at least 4 members (excludes halogenated alkanes) is 1. The number of fused-ring (bicyclic) bond motifs is 1. The van der Waals surface area contributed by atoms with Crippen LogP contribution >= 0.6 is 12.4 Å². The van der Waals surface area contributed by atoms with Crippen LogP contribution < -0.4 is 10.2 Å². The maximum atomic E-state index is 4.17. The van der Waals surface area contributed by atoms with Gasteiger partial charge in [0.2, 0.25) is 0 Å². The normalized spacial score (nSPS) is 11.8. The van der Waals surface area contributed by atoms with Crippen molar-refractivity contribution >= 4 is 28.9 Å². The van der Waals surface area contributed by atoms with Gasteiger partial charge in [0.05, 0.1) is 0 Å². The first-order valence-corrected chi connectivity index (χ1v) is 9.94. The van der Waals surface area contributed by atoms with E-state index in [1.165, 1.54) is 53.3 Å². The van der Waals surface area contributed by atoms with Crippen molar-refractivity contribution in [3.63, 3.8) is 0 Å². The fourth-order valence-electron chi connectivity index (χ4n) is 3.38. The van der Waals surface area contributed by atoms with Crippen molar-refractivity contribution in [3.05, 3.63) is 72.1 Å². The smallest absolute Gasteiger partial charge is 0.0361 e. The molecule has 0 spiro atoms. The van der Waals surface area contributed by atoms with Crippen molar-refractivity contribution in [1.82, 2.24) is 10.3 Å². The number of hydrogen-bond donors (Lipinski definition) is 1. The van der Waals surface area contributed by atoms with E-state index in [0.717, 1.165) is 6.54 Å². The van der Waals surface area contributed by atoms with Gasteiger partial charge in [-0.05, 0) is 67.0 Å². The Balaban J connectivity index is 0.00000280. The summed E-state index contributed by atoms with van der Waals surface area (Å²) in [4.78, 5) is 6.32. The van der Waals surface area contributed by atoms with Gasteiger partial charge in [0.1, 0.15) is 0 Å². The van der Waals surface area contributed by atoms with Crippen LogP contribution in [0.3, 0.4) is 0 Å². The van der Waals surface area contributed by atoms with Crippen molar-refractivity contribution in [2.24, 2.45) is 0 Å². The Bertz CT molecular complexity index is 846. The Morgan fingerprint density at radius 2 is 1.68 bits per heavy atom. The van der Waals surface area contributed by atoms with Gasteiger partial charge in [-0.3, -0.25) is 4.98 Å². The Labute approximate surface area is 175 Å². The zero-order valence-electron chi connectivity index (χ0n) is 17.2. The van der Waals surface area contributed by atoms with Gasteiger partial charge in [0, 0.05) is 50.1 Å². The van der Waals surface area contributed by atoms with Crippen LogP contribution in [0, 0.1) is 0 Å². The fraction of sp³-hybridized carbons (Fsp3) is 0.375. The van der Waals surface area contributed by atoms with Crippen molar-refractivity contribution in [2.75, 3.05) is 19.0 Å². The highest BCUT2D eigenvalue weighted by molar-refractivity contribution is 5.85. The molecule has 0 aliphatic carbocycles. The van der Waals surface area contributed by atoms with Gasteiger partial charge in [-0.1, -0.05) is 30.7 Å². The summed E-state index contributed by atoms with van der Waals surface area (Å²) in [5.41, 5.74) is 4.04. The van der Waals surface area contributed by atoms with Crippen LogP contribution in [0.25, 0.3) is 10.8 Å². The van der Waals surface area contributed by atoms with E-state index >= 15 is 0 Å². The molecule has 2 aromatic carbocycles. The number of nitrogens with one attached hydrogen (secondary N) is 1. The minimum absolute atomic E-state index is 0. The SMILES string of the molecule is C[C@H](CCCCc1ccc(N(C)C)cc1)NCc1ccc2cnccc2c1.Cl. The lowest BCUT2D eigenvalue weighted by molar-refractivity contribution is 0.489. The van der Waals surface area contributed by atoms with E-state index in [4.69, 9.17) is 0 Å². The highest BCUT2D eigenvalue weighted by Crippen LogP contribution is 2.16. The van der Waals surface area contributed by atoms with Gasteiger partial charge >= 0.3 is 0 Å². The van der Waals surface area contributed by atoms with Gasteiger partial charge < -0.3 is 10.2 Å². The van der Waals surface area contributed by atoms with Crippen LogP contribution in [0.4, 0.5) is 5.69 Å². The van der Waals surface area contributed by atoms with E-state index in [9.17, 15) is 0 Å². The second-order valence-electron chi connectivity index (χ2n) is 7.65. The maximum Gasteiger partial charge on any atom is 0.0361 e. The largest absolute Gasteiger partial charge is 0.378 e. The minimum atomic E-state index is 0. The highest BCUT2D eigenvalue weighted by Gasteiger charge is 2.03. The number of hydrogen-bond acceptors (Lipinski definition) is 3. The molecular formula is C24H32ClN3. The second kappa shape index (κ2) is 11.0. The van der Waals surface area contributed by atoms with Crippen LogP contribution in [-0.2, 0) is 13.0 Å². The van der Waals surface area contributed by atoms with E-state index < -0.39 is 0 Å². The number of benzene rings is 2. The Morgan fingerprint density at radius 3 is 2.43 bits per heavy atom. The van der Waals surface area contributed by atoms with Crippen molar-refractivity contribution in [1.29, 1.82) is 0 Å². The standard InChI is InChI=1S/C24H31N3.ClH/c1-19(6-4-5-7-20-9-12-24(13-10-20)27(2)3)26-17-21-8-11-23-18-25-15-14-22(23)16-21;/h8-16,18-19,26H,4-7,17H2,1-3H3;1H/t19-;/m1./s1. The molecule has 0 unspecified atom stereocenters. The molecule has 1 atom stereocenters. The molecule has 0 aliphatic rings. The predicted octanol–water partition coefficient (Wildman–Crippen LogP) is 5.61. The first-order valence-electron chi connectivity index (χ1n) is 9.94. The molecule has 0 radical (unpaired) electrons. The molecule has 0 amide bonds. The van der Waals surface area contributed by atoms with E-state index in [2.05, 4.69) is 84.8 Å². The molecule has 1 heterocycles. The number of aromatic nitrogens is 1. The van der Waals surface area contributed by atoms with Gasteiger partial charge in [-0.15, -0.1) is 12.4 Å². The molecule has 3 rings (SSSR count). The Morgan fingerprint density at radius 1 is 0.929 bits per heavy atom. The molecule has 0 saturated heterocycles. The van der Waals surface area contributed by atoms with Crippen LogP contribution in [0.2, 0.25) is 0 Å². The Kier molecular flexibility index (Phi) is 8.75. The van der Waals surface area contributed by atoms with Crippen LogP contribution in [0.1, 0.15) is 37.3 Å².